The van der Waals surface area contributed by atoms with E-state index in [1.807, 2.05) is 29.8 Å². The molecule has 0 saturated carbocycles. The van der Waals surface area contributed by atoms with Crippen molar-refractivity contribution in [1.82, 2.24) is 14.9 Å². The second kappa shape index (κ2) is 7.02. The van der Waals surface area contributed by atoms with Crippen LogP contribution < -0.4 is 5.32 Å². The van der Waals surface area contributed by atoms with Gasteiger partial charge in [0.15, 0.2) is 0 Å². The number of benzene rings is 1. The highest BCUT2D eigenvalue weighted by atomic mass is 79.9. The van der Waals surface area contributed by atoms with Crippen LogP contribution in [-0.4, -0.2) is 33.3 Å². The lowest BCUT2D eigenvalue weighted by molar-refractivity contribution is 0.173. The zero-order chi connectivity index (χ0) is 14.4. The lowest BCUT2D eigenvalue weighted by atomic mass is 9.93. The highest BCUT2D eigenvalue weighted by Crippen LogP contribution is 2.16. The van der Waals surface area contributed by atoms with E-state index in [1.165, 1.54) is 5.56 Å². The first-order valence-electron chi connectivity index (χ1n) is 6.67. The van der Waals surface area contributed by atoms with Gasteiger partial charge in [-0.15, -0.1) is 0 Å². The van der Waals surface area contributed by atoms with Crippen LogP contribution >= 0.6 is 15.9 Å². The summed E-state index contributed by atoms with van der Waals surface area (Å²) in [4.78, 5) is 4.01. The molecular formula is C15H20BrN3O. The third-order valence-corrected chi connectivity index (χ3v) is 3.87. The maximum Gasteiger partial charge on any atom is 0.0946 e. The van der Waals surface area contributed by atoms with Crippen molar-refractivity contribution >= 4 is 15.9 Å². The van der Waals surface area contributed by atoms with Crippen LogP contribution in [0.4, 0.5) is 0 Å². The molecule has 0 spiro atoms. The number of nitrogens with zero attached hydrogens (tertiary/aromatic N) is 2. The van der Waals surface area contributed by atoms with Crippen LogP contribution in [-0.2, 0) is 13.0 Å². The maximum atomic E-state index is 9.67. The van der Waals surface area contributed by atoms with Crippen LogP contribution in [0.2, 0.25) is 0 Å². The predicted molar refractivity (Wildman–Crippen MR) is 83.6 cm³/mol. The molecule has 0 amide bonds. The molecule has 1 unspecified atom stereocenters. The molecule has 20 heavy (non-hydrogen) atoms. The first-order valence-corrected chi connectivity index (χ1v) is 7.47. The van der Waals surface area contributed by atoms with Gasteiger partial charge in [-0.3, -0.25) is 0 Å². The first kappa shape index (κ1) is 15.2. The van der Waals surface area contributed by atoms with Crippen molar-refractivity contribution in [3.05, 3.63) is 53.0 Å². The van der Waals surface area contributed by atoms with Crippen molar-refractivity contribution < 1.29 is 5.11 Å². The zero-order valence-corrected chi connectivity index (χ0v) is 13.2. The number of aliphatic hydroxyl groups excluding tert-OH is 1. The number of aromatic nitrogens is 2. The molecule has 0 fully saturated rings. The Kier molecular flexibility index (Phi) is 5.34. The predicted octanol–water partition coefficient (Wildman–Crippen LogP) is 2.23. The molecule has 2 rings (SSSR count). The Balaban J connectivity index is 1.89. The molecule has 0 bridgehead atoms. The lowest BCUT2D eigenvalue weighted by Gasteiger charge is -2.29. The fraction of sp³-hybridized carbons (Fsp3) is 0.400. The molecular weight excluding hydrogens is 318 g/mol. The normalized spacial score (nSPS) is 14.2. The maximum absolute atomic E-state index is 9.67. The number of hydrogen-bond acceptors (Lipinski definition) is 3. The average molecular weight is 338 g/mol. The van der Waals surface area contributed by atoms with Gasteiger partial charge in [-0.1, -0.05) is 28.1 Å². The van der Waals surface area contributed by atoms with Gasteiger partial charge in [-0.05, 0) is 31.0 Å². The lowest BCUT2D eigenvalue weighted by Crippen LogP contribution is -2.48. The number of nitrogens with one attached hydrogen (secondary N) is 1. The van der Waals surface area contributed by atoms with Gasteiger partial charge in [-0.25, -0.2) is 4.98 Å². The summed E-state index contributed by atoms with van der Waals surface area (Å²) in [6, 6.07) is 8.21. The van der Waals surface area contributed by atoms with Crippen molar-refractivity contribution in [1.29, 1.82) is 0 Å². The molecule has 2 aromatic rings. The Labute approximate surface area is 128 Å². The van der Waals surface area contributed by atoms with Gasteiger partial charge in [0.1, 0.15) is 0 Å². The van der Waals surface area contributed by atoms with Crippen LogP contribution in [0.3, 0.4) is 0 Å². The summed E-state index contributed by atoms with van der Waals surface area (Å²) in [7, 11) is 0. The molecule has 5 heteroatoms. The molecule has 0 aliphatic heterocycles. The van der Waals surface area contributed by atoms with E-state index in [-0.39, 0.29) is 12.1 Å². The molecule has 4 nitrogen and oxygen atoms in total. The van der Waals surface area contributed by atoms with Crippen LogP contribution in [0, 0.1) is 0 Å². The summed E-state index contributed by atoms with van der Waals surface area (Å²) < 4.78 is 3.09. The Morgan fingerprint density at radius 1 is 1.35 bits per heavy atom. The molecule has 0 radical (unpaired) electrons. The topological polar surface area (TPSA) is 50.1 Å². The molecule has 1 aromatic heterocycles. The van der Waals surface area contributed by atoms with Gasteiger partial charge < -0.3 is 15.0 Å². The van der Waals surface area contributed by atoms with Crippen molar-refractivity contribution in [2.45, 2.75) is 25.4 Å². The van der Waals surface area contributed by atoms with Crippen LogP contribution in [0.5, 0.6) is 0 Å². The summed E-state index contributed by atoms with van der Waals surface area (Å²) in [5.41, 5.74) is 0.897. The minimum atomic E-state index is -0.311. The van der Waals surface area contributed by atoms with Crippen LogP contribution in [0.15, 0.2) is 47.5 Å². The van der Waals surface area contributed by atoms with Gasteiger partial charge in [0.25, 0.3) is 0 Å². The number of rotatable bonds is 7. The molecule has 1 aromatic carbocycles. The van der Waals surface area contributed by atoms with E-state index in [9.17, 15) is 5.11 Å². The van der Waals surface area contributed by atoms with Gasteiger partial charge in [0.2, 0.25) is 0 Å². The molecule has 0 saturated heterocycles. The minimum absolute atomic E-state index is 0.104. The fourth-order valence-electron chi connectivity index (χ4n) is 2.13. The summed E-state index contributed by atoms with van der Waals surface area (Å²) >= 11 is 3.43. The second-order valence-electron chi connectivity index (χ2n) is 5.25. The van der Waals surface area contributed by atoms with E-state index in [0.717, 1.165) is 24.0 Å². The number of halogens is 1. The molecule has 108 valence electrons. The number of imidazole rings is 1. The second-order valence-corrected chi connectivity index (χ2v) is 6.16. The van der Waals surface area contributed by atoms with Gasteiger partial charge in [0, 0.05) is 35.5 Å². The smallest absolute Gasteiger partial charge is 0.0946 e. The summed E-state index contributed by atoms with van der Waals surface area (Å²) in [5, 5.41) is 13.1. The Morgan fingerprint density at radius 3 is 2.70 bits per heavy atom. The SMILES string of the molecule is CC(CO)(Cc1ccc(Br)cc1)NCCn1ccnc1. The number of aliphatic hydroxyl groups is 1. The summed E-state index contributed by atoms with van der Waals surface area (Å²) in [6.45, 7) is 3.79. The molecule has 1 atom stereocenters. The van der Waals surface area contributed by atoms with Gasteiger partial charge in [0.05, 0.1) is 12.9 Å². The quantitative estimate of drug-likeness (QED) is 0.814. The summed E-state index contributed by atoms with van der Waals surface area (Å²) in [6.07, 6.45) is 6.30. The first-order chi connectivity index (χ1) is 9.61. The highest BCUT2D eigenvalue weighted by molar-refractivity contribution is 9.10. The average Bonchev–Trinajstić information content (AvgIpc) is 2.95. The minimum Gasteiger partial charge on any atom is -0.394 e. The van der Waals surface area contributed by atoms with E-state index < -0.39 is 0 Å². The van der Waals surface area contributed by atoms with Crippen LogP contribution in [0.25, 0.3) is 0 Å². The fourth-order valence-corrected chi connectivity index (χ4v) is 2.40. The molecule has 2 N–H and O–H groups in total. The Bertz CT molecular complexity index is 512. The number of hydrogen-bond donors (Lipinski definition) is 2. The van der Waals surface area contributed by atoms with Crippen molar-refractivity contribution in [2.24, 2.45) is 0 Å². The Morgan fingerprint density at radius 2 is 2.10 bits per heavy atom. The highest BCUT2D eigenvalue weighted by Gasteiger charge is 2.22. The van der Waals surface area contributed by atoms with Crippen molar-refractivity contribution in [3.63, 3.8) is 0 Å². The monoisotopic (exact) mass is 337 g/mol. The van der Waals surface area contributed by atoms with E-state index >= 15 is 0 Å². The van der Waals surface area contributed by atoms with E-state index in [1.54, 1.807) is 12.5 Å². The zero-order valence-electron chi connectivity index (χ0n) is 11.6. The van der Waals surface area contributed by atoms with Gasteiger partial charge >= 0.3 is 0 Å². The van der Waals surface area contributed by atoms with Crippen molar-refractivity contribution in [2.75, 3.05) is 13.2 Å². The largest absolute Gasteiger partial charge is 0.394 e. The molecule has 0 aliphatic carbocycles. The Hall–Kier alpha value is -1.17. The molecule has 1 heterocycles. The third-order valence-electron chi connectivity index (χ3n) is 3.34. The third kappa shape index (κ3) is 4.44. The van der Waals surface area contributed by atoms with Crippen molar-refractivity contribution in [3.8, 4) is 0 Å². The summed E-state index contributed by atoms with van der Waals surface area (Å²) in [5.74, 6) is 0. The van der Waals surface area contributed by atoms with Gasteiger partial charge in [-0.2, -0.15) is 0 Å². The standard InChI is InChI=1S/C15H20BrN3O/c1-15(11-20,10-13-2-4-14(16)5-3-13)18-7-9-19-8-6-17-12-19/h2-6,8,12,18,20H,7,9-11H2,1H3. The molecule has 0 aliphatic rings. The van der Waals surface area contributed by atoms with E-state index in [0.29, 0.717) is 0 Å². The van der Waals surface area contributed by atoms with E-state index in [2.05, 4.69) is 38.4 Å². The van der Waals surface area contributed by atoms with Crippen LogP contribution in [0.1, 0.15) is 12.5 Å². The van der Waals surface area contributed by atoms with E-state index in [4.69, 9.17) is 0 Å².